The summed E-state index contributed by atoms with van der Waals surface area (Å²) >= 11 is 1.19. The molecule has 0 saturated heterocycles. The fraction of sp³-hybridized carbons (Fsp3) is 0.233. The summed E-state index contributed by atoms with van der Waals surface area (Å²) in [6.45, 7) is 5.40. The predicted octanol–water partition coefficient (Wildman–Crippen LogP) is 6.80. The van der Waals surface area contributed by atoms with E-state index in [4.69, 9.17) is 9.72 Å². The number of thioether (sulfide) groups is 1. The maximum atomic E-state index is 13.4. The molecule has 0 fully saturated rings. The number of benzene rings is 3. The highest BCUT2D eigenvalue weighted by molar-refractivity contribution is 8.13. The van der Waals surface area contributed by atoms with Crippen molar-refractivity contribution in [2.75, 3.05) is 0 Å². The third-order valence-electron chi connectivity index (χ3n) is 5.48. The number of amides is 1. The van der Waals surface area contributed by atoms with Gasteiger partial charge in [-0.25, -0.2) is 9.78 Å². The Labute approximate surface area is 216 Å². The SMILES string of the molecule is CC(C)(C)OC(=O)N[C@H](Cc1ccccc1)C(=O)SCc1cc2ccccc2nc1-c1ccccc1. The molecule has 3 aromatic carbocycles. The number of hydrogen-bond donors (Lipinski definition) is 1. The van der Waals surface area contributed by atoms with Crippen molar-refractivity contribution in [3.05, 3.63) is 102 Å². The first-order valence-electron chi connectivity index (χ1n) is 11.9. The summed E-state index contributed by atoms with van der Waals surface area (Å²) in [5.41, 5.74) is 4.04. The summed E-state index contributed by atoms with van der Waals surface area (Å²) in [7, 11) is 0. The number of hydrogen-bond acceptors (Lipinski definition) is 5. The molecule has 1 atom stereocenters. The molecule has 0 unspecified atom stereocenters. The topological polar surface area (TPSA) is 68.3 Å². The van der Waals surface area contributed by atoms with E-state index in [2.05, 4.69) is 11.4 Å². The van der Waals surface area contributed by atoms with Crippen molar-refractivity contribution < 1.29 is 14.3 Å². The van der Waals surface area contributed by atoms with Crippen LogP contribution in [0.2, 0.25) is 0 Å². The summed E-state index contributed by atoms with van der Waals surface area (Å²) in [5, 5.41) is 3.68. The first-order chi connectivity index (χ1) is 17.3. The molecule has 0 bridgehead atoms. The monoisotopic (exact) mass is 498 g/mol. The second-order valence-corrected chi connectivity index (χ2v) is 10.5. The van der Waals surface area contributed by atoms with Crippen molar-refractivity contribution in [1.29, 1.82) is 0 Å². The lowest BCUT2D eigenvalue weighted by Crippen LogP contribution is -2.43. The minimum Gasteiger partial charge on any atom is -0.444 e. The largest absolute Gasteiger partial charge is 0.444 e. The summed E-state index contributed by atoms with van der Waals surface area (Å²) in [6.07, 6.45) is -0.220. The predicted molar refractivity (Wildman–Crippen MR) is 147 cm³/mol. The number of nitrogens with zero attached hydrogens (tertiary/aromatic N) is 1. The Balaban J connectivity index is 1.57. The van der Waals surface area contributed by atoms with Crippen LogP contribution in [0.5, 0.6) is 0 Å². The molecule has 0 radical (unpaired) electrons. The van der Waals surface area contributed by atoms with E-state index in [1.807, 2.05) is 84.9 Å². The number of fused-ring (bicyclic) bond motifs is 1. The Morgan fingerprint density at radius 2 is 1.56 bits per heavy atom. The van der Waals surface area contributed by atoms with Crippen LogP contribution in [0.3, 0.4) is 0 Å². The molecule has 0 aliphatic heterocycles. The number of alkyl carbamates (subject to hydrolysis) is 1. The van der Waals surface area contributed by atoms with Gasteiger partial charge in [0.15, 0.2) is 0 Å². The molecule has 1 aromatic heterocycles. The lowest BCUT2D eigenvalue weighted by Gasteiger charge is -2.23. The van der Waals surface area contributed by atoms with Crippen LogP contribution in [0.1, 0.15) is 31.9 Å². The molecule has 0 saturated carbocycles. The van der Waals surface area contributed by atoms with Crippen LogP contribution in [0.4, 0.5) is 4.79 Å². The molecule has 0 aliphatic carbocycles. The van der Waals surface area contributed by atoms with Gasteiger partial charge in [0.2, 0.25) is 5.12 Å². The number of nitrogens with one attached hydrogen (secondary N) is 1. The van der Waals surface area contributed by atoms with Gasteiger partial charge in [-0.2, -0.15) is 0 Å². The minimum absolute atomic E-state index is 0.128. The van der Waals surface area contributed by atoms with Crippen molar-refractivity contribution in [2.24, 2.45) is 0 Å². The molecule has 0 spiro atoms. The molecule has 1 heterocycles. The van der Waals surface area contributed by atoms with Gasteiger partial charge in [-0.3, -0.25) is 4.79 Å². The van der Waals surface area contributed by atoms with Gasteiger partial charge in [-0.05, 0) is 44.0 Å². The Morgan fingerprint density at radius 3 is 2.25 bits per heavy atom. The first kappa shape index (κ1) is 25.5. The number of pyridine rings is 1. The Hall–Kier alpha value is -3.64. The standard InChI is InChI=1S/C30H30N2O3S/c1-30(2,3)35-29(34)32-26(18-21-12-6-4-7-13-21)28(33)36-20-24-19-23-16-10-11-17-25(23)31-27(24)22-14-8-5-9-15-22/h4-17,19,26H,18,20H2,1-3H3,(H,32,34)/t26-/m1/s1. The summed E-state index contributed by atoms with van der Waals surface area (Å²) < 4.78 is 5.42. The number of para-hydroxylation sites is 1. The molecule has 1 N–H and O–H groups in total. The highest BCUT2D eigenvalue weighted by Crippen LogP contribution is 2.29. The fourth-order valence-corrected chi connectivity index (χ4v) is 4.72. The van der Waals surface area contributed by atoms with Gasteiger partial charge in [-0.1, -0.05) is 90.6 Å². The van der Waals surface area contributed by atoms with Crippen LogP contribution < -0.4 is 5.32 Å². The zero-order valence-electron chi connectivity index (χ0n) is 20.7. The highest BCUT2D eigenvalue weighted by atomic mass is 32.2. The van der Waals surface area contributed by atoms with Crippen LogP contribution in [0.25, 0.3) is 22.2 Å². The third kappa shape index (κ3) is 6.95. The van der Waals surface area contributed by atoms with E-state index >= 15 is 0 Å². The number of aromatic nitrogens is 1. The number of rotatable bonds is 7. The summed E-state index contributed by atoms with van der Waals surface area (Å²) in [5.74, 6) is 0.433. The van der Waals surface area contributed by atoms with Gasteiger partial charge in [0, 0.05) is 23.1 Å². The van der Waals surface area contributed by atoms with Crippen molar-refractivity contribution in [3.63, 3.8) is 0 Å². The first-order valence-corrected chi connectivity index (χ1v) is 12.9. The average Bonchev–Trinajstić information content (AvgIpc) is 2.86. The van der Waals surface area contributed by atoms with E-state index in [0.29, 0.717) is 12.2 Å². The quantitative estimate of drug-likeness (QED) is 0.304. The zero-order valence-corrected chi connectivity index (χ0v) is 21.5. The van der Waals surface area contributed by atoms with E-state index < -0.39 is 17.7 Å². The van der Waals surface area contributed by atoms with Crippen LogP contribution in [0, 0.1) is 0 Å². The molecular weight excluding hydrogens is 468 g/mol. The van der Waals surface area contributed by atoms with E-state index in [1.165, 1.54) is 11.8 Å². The van der Waals surface area contributed by atoms with Gasteiger partial charge in [0.25, 0.3) is 0 Å². The van der Waals surface area contributed by atoms with E-state index in [-0.39, 0.29) is 5.12 Å². The van der Waals surface area contributed by atoms with Crippen LogP contribution in [-0.2, 0) is 21.7 Å². The second kappa shape index (κ2) is 11.4. The molecule has 184 valence electrons. The van der Waals surface area contributed by atoms with Gasteiger partial charge in [0.1, 0.15) is 11.6 Å². The maximum Gasteiger partial charge on any atom is 0.408 e. The van der Waals surface area contributed by atoms with E-state index in [0.717, 1.165) is 33.3 Å². The molecule has 1 amide bonds. The van der Waals surface area contributed by atoms with Crippen molar-refractivity contribution in [1.82, 2.24) is 10.3 Å². The Kier molecular flexibility index (Phi) is 8.06. The maximum absolute atomic E-state index is 13.4. The lowest BCUT2D eigenvalue weighted by molar-refractivity contribution is -0.112. The minimum atomic E-state index is -0.721. The number of carbonyl (C=O) groups is 2. The van der Waals surface area contributed by atoms with E-state index in [1.54, 1.807) is 20.8 Å². The molecule has 36 heavy (non-hydrogen) atoms. The Bertz CT molecular complexity index is 1330. The van der Waals surface area contributed by atoms with Crippen LogP contribution >= 0.6 is 11.8 Å². The molecule has 4 rings (SSSR count). The summed E-state index contributed by atoms with van der Waals surface area (Å²) in [6, 6.07) is 29.0. The summed E-state index contributed by atoms with van der Waals surface area (Å²) in [4.78, 5) is 30.8. The van der Waals surface area contributed by atoms with Gasteiger partial charge in [0.05, 0.1) is 11.2 Å². The van der Waals surface area contributed by atoms with Gasteiger partial charge >= 0.3 is 6.09 Å². The smallest absolute Gasteiger partial charge is 0.408 e. The lowest BCUT2D eigenvalue weighted by atomic mass is 10.0. The fourth-order valence-electron chi connectivity index (χ4n) is 3.86. The van der Waals surface area contributed by atoms with Gasteiger partial charge < -0.3 is 10.1 Å². The average molecular weight is 499 g/mol. The molecule has 5 nitrogen and oxygen atoms in total. The van der Waals surface area contributed by atoms with E-state index in [9.17, 15) is 9.59 Å². The Morgan fingerprint density at radius 1 is 0.917 bits per heavy atom. The molecule has 0 aliphatic rings. The second-order valence-electron chi connectivity index (χ2n) is 9.55. The molecular formula is C30H30N2O3S. The zero-order chi connectivity index (χ0) is 25.5. The number of carbonyl (C=O) groups excluding carboxylic acids is 2. The normalized spacial score (nSPS) is 12.2. The molecule has 6 heteroatoms. The highest BCUT2D eigenvalue weighted by Gasteiger charge is 2.25. The van der Waals surface area contributed by atoms with Crippen molar-refractivity contribution in [3.8, 4) is 11.3 Å². The van der Waals surface area contributed by atoms with Crippen molar-refractivity contribution >= 4 is 33.9 Å². The van der Waals surface area contributed by atoms with Crippen LogP contribution in [-0.4, -0.2) is 27.8 Å². The van der Waals surface area contributed by atoms with Crippen LogP contribution in [0.15, 0.2) is 91.0 Å². The third-order valence-corrected chi connectivity index (χ3v) is 6.50. The number of ether oxygens (including phenoxy) is 1. The molecule has 4 aromatic rings. The van der Waals surface area contributed by atoms with Crippen molar-refractivity contribution in [2.45, 2.75) is 44.6 Å². The van der Waals surface area contributed by atoms with Gasteiger partial charge in [-0.15, -0.1) is 0 Å².